The van der Waals surface area contributed by atoms with Crippen molar-refractivity contribution in [3.05, 3.63) is 35.4 Å². The fourth-order valence-corrected chi connectivity index (χ4v) is 1.75. The molecule has 1 aromatic carbocycles. The molecule has 20 heavy (non-hydrogen) atoms. The number of carboxylic acids is 1. The van der Waals surface area contributed by atoms with E-state index in [0.29, 0.717) is 18.2 Å². The quantitative estimate of drug-likeness (QED) is 0.790. The number of hydrogen-bond donors (Lipinski definition) is 2. The Morgan fingerprint density at radius 3 is 2.55 bits per heavy atom. The van der Waals surface area contributed by atoms with E-state index in [1.165, 1.54) is 6.07 Å². The molecule has 2 N–H and O–H groups in total. The highest BCUT2D eigenvalue weighted by atomic mass is 16.4. The maximum absolute atomic E-state index is 11.8. The number of nitrogens with one attached hydrogen (secondary N) is 1. The zero-order chi connectivity index (χ0) is 15.1. The first kappa shape index (κ1) is 16.2. The van der Waals surface area contributed by atoms with Crippen molar-refractivity contribution in [2.45, 2.75) is 26.3 Å². The average molecular weight is 278 g/mol. The van der Waals surface area contributed by atoms with Gasteiger partial charge in [0.1, 0.15) is 0 Å². The van der Waals surface area contributed by atoms with E-state index in [0.717, 1.165) is 6.54 Å². The van der Waals surface area contributed by atoms with Gasteiger partial charge in [0, 0.05) is 19.1 Å². The predicted molar refractivity (Wildman–Crippen MR) is 77.9 cm³/mol. The van der Waals surface area contributed by atoms with Crippen LogP contribution in [0.2, 0.25) is 0 Å². The van der Waals surface area contributed by atoms with E-state index in [1.54, 1.807) is 18.2 Å². The van der Waals surface area contributed by atoms with Gasteiger partial charge in [-0.05, 0) is 32.5 Å². The zero-order valence-corrected chi connectivity index (χ0v) is 12.2. The van der Waals surface area contributed by atoms with Crippen LogP contribution < -0.4 is 5.32 Å². The topological polar surface area (TPSA) is 69.6 Å². The predicted octanol–water partition coefficient (Wildman–Crippen LogP) is 1.38. The normalized spacial score (nSPS) is 10.8. The van der Waals surface area contributed by atoms with Crippen LogP contribution >= 0.6 is 0 Å². The number of carbonyl (C=O) groups is 2. The molecule has 1 amide bonds. The van der Waals surface area contributed by atoms with Crippen molar-refractivity contribution < 1.29 is 14.7 Å². The van der Waals surface area contributed by atoms with Crippen molar-refractivity contribution in [1.29, 1.82) is 0 Å². The second kappa shape index (κ2) is 7.65. The van der Waals surface area contributed by atoms with Gasteiger partial charge in [0.15, 0.2) is 0 Å². The highest BCUT2D eigenvalue weighted by Crippen LogP contribution is 2.09. The van der Waals surface area contributed by atoms with Gasteiger partial charge >= 0.3 is 5.97 Å². The van der Waals surface area contributed by atoms with Crippen molar-refractivity contribution in [2.24, 2.45) is 0 Å². The lowest BCUT2D eigenvalue weighted by Crippen LogP contribution is -2.36. The summed E-state index contributed by atoms with van der Waals surface area (Å²) in [5.74, 6) is -1.16. The van der Waals surface area contributed by atoms with Gasteiger partial charge in [-0.1, -0.05) is 18.2 Å². The molecule has 0 aliphatic carbocycles. The first-order valence-electron chi connectivity index (χ1n) is 6.70. The number of nitrogens with zero attached hydrogens (tertiary/aromatic N) is 1. The fourth-order valence-electron chi connectivity index (χ4n) is 1.75. The Labute approximate surface area is 119 Å². The molecule has 110 valence electrons. The van der Waals surface area contributed by atoms with Gasteiger partial charge < -0.3 is 15.3 Å². The molecule has 0 fully saturated rings. The summed E-state index contributed by atoms with van der Waals surface area (Å²) in [4.78, 5) is 25.0. The zero-order valence-electron chi connectivity index (χ0n) is 12.2. The summed E-state index contributed by atoms with van der Waals surface area (Å²) in [6.07, 6.45) is 0.0911. The molecule has 0 heterocycles. The summed E-state index contributed by atoms with van der Waals surface area (Å²) < 4.78 is 0. The molecule has 0 atom stereocenters. The summed E-state index contributed by atoms with van der Waals surface area (Å²) in [7, 11) is 2.00. The van der Waals surface area contributed by atoms with E-state index in [9.17, 15) is 9.59 Å². The first-order chi connectivity index (χ1) is 9.41. The smallest absolute Gasteiger partial charge is 0.335 e. The molecule has 0 saturated carbocycles. The van der Waals surface area contributed by atoms with Gasteiger partial charge in [0.25, 0.3) is 0 Å². The number of carboxylic acid groups (broad SMARTS) is 1. The van der Waals surface area contributed by atoms with Crippen LogP contribution in [-0.4, -0.2) is 48.1 Å². The number of likely N-dealkylation sites (N-methyl/N-ethyl adjacent to an activating group) is 1. The van der Waals surface area contributed by atoms with Crippen LogP contribution in [0.15, 0.2) is 24.3 Å². The number of benzene rings is 1. The highest BCUT2D eigenvalue weighted by Gasteiger charge is 2.12. The molecule has 0 spiro atoms. The Hall–Kier alpha value is -1.88. The van der Waals surface area contributed by atoms with Crippen molar-refractivity contribution in [2.75, 3.05) is 20.1 Å². The average Bonchev–Trinajstić information content (AvgIpc) is 2.38. The molecule has 0 bridgehead atoms. The van der Waals surface area contributed by atoms with Crippen LogP contribution in [0, 0.1) is 0 Å². The third-order valence-electron chi connectivity index (χ3n) is 3.27. The lowest BCUT2D eigenvalue weighted by atomic mass is 10.0. The molecular formula is C15H22N2O3. The molecule has 0 unspecified atom stereocenters. The minimum Gasteiger partial charge on any atom is -0.478 e. The highest BCUT2D eigenvalue weighted by molar-refractivity contribution is 5.91. The lowest BCUT2D eigenvalue weighted by molar-refractivity contribution is -0.120. The van der Waals surface area contributed by atoms with Crippen LogP contribution in [0.4, 0.5) is 0 Å². The van der Waals surface area contributed by atoms with Crippen LogP contribution in [0.25, 0.3) is 0 Å². The number of carbonyl (C=O) groups excluding carboxylic acids is 1. The van der Waals surface area contributed by atoms with E-state index in [4.69, 9.17) is 5.11 Å². The van der Waals surface area contributed by atoms with Crippen LogP contribution in [-0.2, 0) is 11.2 Å². The van der Waals surface area contributed by atoms with Crippen molar-refractivity contribution in [3.63, 3.8) is 0 Å². The largest absolute Gasteiger partial charge is 0.478 e. The van der Waals surface area contributed by atoms with Gasteiger partial charge in [0.05, 0.1) is 12.0 Å². The van der Waals surface area contributed by atoms with Crippen LogP contribution in [0.3, 0.4) is 0 Å². The molecule has 1 rings (SSSR count). The summed E-state index contributed by atoms with van der Waals surface area (Å²) in [5, 5.41) is 11.9. The lowest BCUT2D eigenvalue weighted by Gasteiger charge is -2.20. The summed E-state index contributed by atoms with van der Waals surface area (Å²) in [6, 6.07) is 7.00. The number of rotatable bonds is 7. The van der Waals surface area contributed by atoms with Gasteiger partial charge in [-0.2, -0.15) is 0 Å². The number of aromatic carboxylic acids is 1. The molecule has 0 aliphatic rings. The minimum atomic E-state index is -1.01. The molecule has 5 heteroatoms. The third-order valence-corrected chi connectivity index (χ3v) is 3.27. The molecular weight excluding hydrogens is 256 g/mol. The molecule has 0 aromatic heterocycles. The van der Waals surface area contributed by atoms with Gasteiger partial charge in [-0.15, -0.1) is 0 Å². The molecule has 1 aromatic rings. The van der Waals surface area contributed by atoms with Crippen molar-refractivity contribution in [3.8, 4) is 0 Å². The van der Waals surface area contributed by atoms with Crippen LogP contribution in [0.1, 0.15) is 29.8 Å². The standard InChI is InChI=1S/C15H22N2O3/c1-11(2)17(3)9-8-16-14(18)10-12-6-4-5-7-13(12)15(19)20/h4-7,11H,8-10H2,1-3H3,(H,16,18)(H,19,20). The SMILES string of the molecule is CC(C)N(C)CCNC(=O)Cc1ccccc1C(=O)O. The van der Waals surface area contributed by atoms with E-state index >= 15 is 0 Å². The minimum absolute atomic E-state index is 0.0911. The Morgan fingerprint density at radius 2 is 1.95 bits per heavy atom. The monoisotopic (exact) mass is 278 g/mol. The Balaban J connectivity index is 2.49. The number of amides is 1. The second-order valence-corrected chi connectivity index (χ2v) is 5.06. The van der Waals surface area contributed by atoms with Gasteiger partial charge in [0.2, 0.25) is 5.91 Å². The van der Waals surface area contributed by atoms with Gasteiger partial charge in [-0.3, -0.25) is 4.79 Å². The Bertz CT molecular complexity index is 472. The van der Waals surface area contributed by atoms with Gasteiger partial charge in [-0.25, -0.2) is 4.79 Å². The molecule has 5 nitrogen and oxygen atoms in total. The molecule has 0 aliphatic heterocycles. The molecule has 0 radical (unpaired) electrons. The maximum atomic E-state index is 11.8. The van der Waals surface area contributed by atoms with E-state index in [1.807, 2.05) is 7.05 Å². The summed E-state index contributed by atoms with van der Waals surface area (Å²) in [5.41, 5.74) is 0.719. The van der Waals surface area contributed by atoms with Crippen LogP contribution in [0.5, 0.6) is 0 Å². The Kier molecular flexibility index (Phi) is 6.18. The summed E-state index contributed by atoms with van der Waals surface area (Å²) in [6.45, 7) is 5.50. The maximum Gasteiger partial charge on any atom is 0.335 e. The fraction of sp³-hybridized carbons (Fsp3) is 0.467. The first-order valence-corrected chi connectivity index (χ1v) is 6.70. The van der Waals surface area contributed by atoms with E-state index in [2.05, 4.69) is 24.1 Å². The van der Waals surface area contributed by atoms with E-state index in [-0.39, 0.29) is 17.9 Å². The van der Waals surface area contributed by atoms with Crippen molar-refractivity contribution >= 4 is 11.9 Å². The second-order valence-electron chi connectivity index (χ2n) is 5.06. The Morgan fingerprint density at radius 1 is 1.30 bits per heavy atom. The summed E-state index contributed by atoms with van der Waals surface area (Å²) >= 11 is 0. The molecule has 0 saturated heterocycles. The number of hydrogen-bond acceptors (Lipinski definition) is 3. The third kappa shape index (κ3) is 5.01. The van der Waals surface area contributed by atoms with Crippen molar-refractivity contribution in [1.82, 2.24) is 10.2 Å². The van der Waals surface area contributed by atoms with E-state index < -0.39 is 5.97 Å².